The van der Waals surface area contributed by atoms with Gasteiger partial charge >= 0.3 is 0 Å². The molecule has 0 radical (unpaired) electrons. The molecule has 0 unspecified atom stereocenters. The number of hydrogen-bond donors (Lipinski definition) is 0. The lowest BCUT2D eigenvalue weighted by Gasteiger charge is -2.21. The van der Waals surface area contributed by atoms with Gasteiger partial charge in [-0.2, -0.15) is 10.5 Å². The Kier molecular flexibility index (Phi) is 5.57. The number of hydrogen-bond acceptors (Lipinski definition) is 3. The first-order chi connectivity index (χ1) is 9.10. The number of benzene rings is 1. The highest BCUT2D eigenvalue weighted by atomic mass is 16.2. The minimum absolute atomic E-state index is 0.108. The van der Waals surface area contributed by atoms with Crippen LogP contribution in [0.4, 0.5) is 0 Å². The smallest absolute Gasteiger partial charge is 0.254 e. The zero-order valence-corrected chi connectivity index (χ0v) is 11.3. The molecule has 0 aliphatic carbocycles. The average Bonchev–Trinajstić information content (AvgIpc) is 2.38. The van der Waals surface area contributed by atoms with Crippen molar-refractivity contribution in [2.75, 3.05) is 13.1 Å². The molecule has 0 bridgehead atoms. The molecule has 4 heteroatoms. The molecule has 4 nitrogen and oxygen atoms in total. The van der Waals surface area contributed by atoms with Crippen LogP contribution in [0.3, 0.4) is 0 Å². The van der Waals surface area contributed by atoms with E-state index in [4.69, 9.17) is 10.5 Å². The monoisotopic (exact) mass is 255 g/mol. The van der Waals surface area contributed by atoms with Crippen LogP contribution < -0.4 is 0 Å². The van der Waals surface area contributed by atoms with Gasteiger partial charge in [0.15, 0.2) is 0 Å². The summed E-state index contributed by atoms with van der Waals surface area (Å²) in [4.78, 5) is 14.0. The third kappa shape index (κ3) is 4.12. The molecule has 0 saturated heterocycles. The van der Waals surface area contributed by atoms with Crippen molar-refractivity contribution in [1.82, 2.24) is 4.90 Å². The summed E-state index contributed by atoms with van der Waals surface area (Å²) in [5.41, 5.74) is 2.67. The minimum Gasteiger partial charge on any atom is -0.337 e. The third-order valence-corrected chi connectivity index (χ3v) is 2.89. The highest BCUT2D eigenvalue weighted by molar-refractivity contribution is 5.95. The van der Waals surface area contributed by atoms with Crippen LogP contribution in [-0.4, -0.2) is 23.9 Å². The molecule has 1 aromatic carbocycles. The lowest BCUT2D eigenvalue weighted by Crippen LogP contribution is -2.33. The first-order valence-corrected chi connectivity index (χ1v) is 6.20. The number of rotatable bonds is 5. The summed E-state index contributed by atoms with van der Waals surface area (Å²) >= 11 is 0. The molecule has 0 aliphatic heterocycles. The molecule has 19 heavy (non-hydrogen) atoms. The Morgan fingerprint density at radius 1 is 1.16 bits per heavy atom. The normalized spacial score (nSPS) is 9.47. The van der Waals surface area contributed by atoms with Crippen LogP contribution in [-0.2, 0) is 0 Å². The summed E-state index contributed by atoms with van der Waals surface area (Å²) in [5, 5.41) is 17.3. The predicted molar refractivity (Wildman–Crippen MR) is 72.3 cm³/mol. The lowest BCUT2D eigenvalue weighted by molar-refractivity contribution is 0.0762. The van der Waals surface area contributed by atoms with Crippen LogP contribution in [0.5, 0.6) is 0 Å². The SMILES string of the molecule is Cc1ccc(C(=O)N(CCC#N)CCC#N)c(C)c1. The van der Waals surface area contributed by atoms with E-state index in [1.807, 2.05) is 38.1 Å². The molecule has 1 rings (SSSR count). The number of amides is 1. The molecule has 98 valence electrons. The maximum Gasteiger partial charge on any atom is 0.254 e. The van der Waals surface area contributed by atoms with Crippen molar-refractivity contribution in [3.63, 3.8) is 0 Å². The Morgan fingerprint density at radius 2 is 1.74 bits per heavy atom. The van der Waals surface area contributed by atoms with E-state index in [1.165, 1.54) is 0 Å². The van der Waals surface area contributed by atoms with Crippen LogP contribution >= 0.6 is 0 Å². The quantitative estimate of drug-likeness (QED) is 0.812. The average molecular weight is 255 g/mol. The molecular weight excluding hydrogens is 238 g/mol. The van der Waals surface area contributed by atoms with Gasteiger partial charge < -0.3 is 4.90 Å². The van der Waals surface area contributed by atoms with Crippen molar-refractivity contribution in [3.05, 3.63) is 34.9 Å². The lowest BCUT2D eigenvalue weighted by atomic mass is 10.0. The van der Waals surface area contributed by atoms with Crippen molar-refractivity contribution in [2.24, 2.45) is 0 Å². The Hall–Kier alpha value is -2.33. The van der Waals surface area contributed by atoms with Crippen molar-refractivity contribution in [1.29, 1.82) is 10.5 Å². The molecule has 1 aromatic rings. The standard InChI is InChI=1S/C15H17N3O/c1-12-5-6-14(13(2)11-12)15(19)18(9-3-7-16)10-4-8-17/h5-6,11H,3-4,9-10H2,1-2H3. The van der Waals surface area contributed by atoms with E-state index >= 15 is 0 Å². The number of nitrogens with zero attached hydrogens (tertiary/aromatic N) is 3. The van der Waals surface area contributed by atoms with Crippen LogP contribution in [0.1, 0.15) is 34.3 Å². The molecule has 0 aromatic heterocycles. The van der Waals surface area contributed by atoms with Crippen LogP contribution in [0.15, 0.2) is 18.2 Å². The van der Waals surface area contributed by atoms with E-state index < -0.39 is 0 Å². The molecule has 0 atom stereocenters. The molecule has 0 saturated carbocycles. The van der Waals surface area contributed by atoms with Gasteiger partial charge in [-0.25, -0.2) is 0 Å². The van der Waals surface area contributed by atoms with Crippen molar-refractivity contribution < 1.29 is 4.79 Å². The van der Waals surface area contributed by atoms with Crippen LogP contribution in [0, 0.1) is 36.5 Å². The van der Waals surface area contributed by atoms with Crippen LogP contribution in [0.2, 0.25) is 0 Å². The summed E-state index contributed by atoms with van der Waals surface area (Å²) in [5.74, 6) is -0.108. The highest BCUT2D eigenvalue weighted by Gasteiger charge is 2.16. The molecule has 0 aliphatic rings. The number of nitriles is 2. The fourth-order valence-corrected chi connectivity index (χ4v) is 1.91. The van der Waals surface area contributed by atoms with Gasteiger partial charge in [0.25, 0.3) is 5.91 Å². The second-order valence-electron chi connectivity index (χ2n) is 4.43. The largest absolute Gasteiger partial charge is 0.337 e. The Bertz CT molecular complexity index is 519. The molecule has 0 heterocycles. The summed E-state index contributed by atoms with van der Waals surface area (Å²) in [6, 6.07) is 9.71. The Labute approximate surface area is 113 Å². The second kappa shape index (κ2) is 7.18. The van der Waals surface area contributed by atoms with E-state index in [9.17, 15) is 4.79 Å². The Balaban J connectivity index is 2.91. The fraction of sp³-hybridized carbons (Fsp3) is 0.400. The van der Waals surface area contributed by atoms with Gasteiger partial charge in [0.2, 0.25) is 0 Å². The highest BCUT2D eigenvalue weighted by Crippen LogP contribution is 2.13. The third-order valence-electron chi connectivity index (χ3n) is 2.89. The molecule has 0 spiro atoms. The van der Waals surface area contributed by atoms with E-state index in [-0.39, 0.29) is 18.7 Å². The van der Waals surface area contributed by atoms with Crippen LogP contribution in [0.25, 0.3) is 0 Å². The summed E-state index contributed by atoms with van der Waals surface area (Å²) in [7, 11) is 0. The summed E-state index contributed by atoms with van der Waals surface area (Å²) < 4.78 is 0. The van der Waals surface area contributed by atoms with E-state index in [0.717, 1.165) is 11.1 Å². The number of carbonyl (C=O) groups excluding carboxylic acids is 1. The summed E-state index contributed by atoms with van der Waals surface area (Å²) in [6.45, 7) is 4.60. The second-order valence-corrected chi connectivity index (χ2v) is 4.43. The first-order valence-electron chi connectivity index (χ1n) is 6.20. The van der Waals surface area contributed by atoms with Crippen molar-refractivity contribution >= 4 is 5.91 Å². The fourth-order valence-electron chi connectivity index (χ4n) is 1.91. The Morgan fingerprint density at radius 3 is 2.21 bits per heavy atom. The van der Waals surface area contributed by atoms with Gasteiger partial charge in [-0.15, -0.1) is 0 Å². The predicted octanol–water partition coefficient (Wildman–Crippen LogP) is 2.57. The molecule has 0 N–H and O–H groups in total. The van der Waals surface area contributed by atoms with Gasteiger partial charge in [0, 0.05) is 18.7 Å². The maximum absolute atomic E-state index is 12.4. The van der Waals surface area contributed by atoms with Gasteiger partial charge in [-0.05, 0) is 25.5 Å². The topological polar surface area (TPSA) is 67.9 Å². The zero-order valence-electron chi connectivity index (χ0n) is 11.3. The van der Waals surface area contributed by atoms with E-state index in [0.29, 0.717) is 18.7 Å². The molecular formula is C15H17N3O. The van der Waals surface area contributed by atoms with Gasteiger partial charge in [0.1, 0.15) is 0 Å². The number of carbonyl (C=O) groups is 1. The maximum atomic E-state index is 12.4. The minimum atomic E-state index is -0.108. The zero-order chi connectivity index (χ0) is 14.3. The summed E-state index contributed by atoms with van der Waals surface area (Å²) in [6.07, 6.45) is 0.560. The molecule has 1 amide bonds. The van der Waals surface area contributed by atoms with Crippen molar-refractivity contribution in [3.8, 4) is 12.1 Å². The van der Waals surface area contributed by atoms with Gasteiger partial charge in [-0.3, -0.25) is 4.79 Å². The first kappa shape index (κ1) is 14.7. The van der Waals surface area contributed by atoms with E-state index in [2.05, 4.69) is 0 Å². The van der Waals surface area contributed by atoms with E-state index in [1.54, 1.807) is 11.0 Å². The number of aryl methyl sites for hydroxylation is 2. The van der Waals surface area contributed by atoms with Gasteiger partial charge in [0.05, 0.1) is 25.0 Å². The van der Waals surface area contributed by atoms with Crippen molar-refractivity contribution in [2.45, 2.75) is 26.7 Å². The van der Waals surface area contributed by atoms with Gasteiger partial charge in [-0.1, -0.05) is 17.7 Å². The molecule has 0 fully saturated rings.